The summed E-state index contributed by atoms with van der Waals surface area (Å²) in [4.78, 5) is 19.5. The predicted octanol–water partition coefficient (Wildman–Crippen LogP) is 2.44. The van der Waals surface area contributed by atoms with Crippen molar-refractivity contribution < 1.29 is 13.2 Å². The third-order valence-corrected chi connectivity index (χ3v) is 9.85. The first-order valence-electron chi connectivity index (χ1n) is 10.9. The molecule has 1 amide bonds. The molecule has 0 unspecified atom stereocenters. The molecular weight excluding hydrogens is 468 g/mol. The van der Waals surface area contributed by atoms with Crippen LogP contribution in [0.5, 0.6) is 0 Å². The summed E-state index contributed by atoms with van der Waals surface area (Å²) in [5.41, 5.74) is 1.29. The van der Waals surface area contributed by atoms with Crippen LogP contribution in [-0.2, 0) is 21.4 Å². The number of thiophene rings is 1. The summed E-state index contributed by atoms with van der Waals surface area (Å²) < 4.78 is 27.8. The molecule has 0 aliphatic carbocycles. The Bertz CT molecular complexity index is 1010. The smallest absolute Gasteiger partial charge is 0.252 e. The number of nitrogens with zero attached hydrogens (tertiary/aromatic N) is 4. The first kappa shape index (κ1) is 23.7. The van der Waals surface area contributed by atoms with Gasteiger partial charge in [-0.1, -0.05) is 41.9 Å². The standard InChI is InChI=1S/C22H29ClN4O3S2/c1-18(22(28)26-11-9-24(10-12-26)17-19-5-3-2-4-6-19)25-13-15-27(16-14-25)32(29,30)21-8-7-20(23)31-21/h2-8,18H,9-17H2,1H3/t18-/m0/s1. The van der Waals surface area contributed by atoms with E-state index >= 15 is 0 Å². The zero-order valence-corrected chi connectivity index (χ0v) is 20.6. The molecule has 2 aliphatic heterocycles. The van der Waals surface area contributed by atoms with E-state index in [0.717, 1.165) is 44.1 Å². The normalized spacial score (nSPS) is 20.4. The van der Waals surface area contributed by atoms with Gasteiger partial charge >= 0.3 is 0 Å². The summed E-state index contributed by atoms with van der Waals surface area (Å²) in [7, 11) is -3.52. The molecule has 4 rings (SSSR count). The van der Waals surface area contributed by atoms with Crippen LogP contribution < -0.4 is 0 Å². The Hall–Kier alpha value is -1.49. The van der Waals surface area contributed by atoms with Crippen molar-refractivity contribution in [3.05, 3.63) is 52.4 Å². The Labute approximate surface area is 199 Å². The number of sulfonamides is 1. The second-order valence-electron chi connectivity index (χ2n) is 8.26. The molecule has 32 heavy (non-hydrogen) atoms. The highest BCUT2D eigenvalue weighted by atomic mass is 35.5. The summed E-state index contributed by atoms with van der Waals surface area (Å²) in [5.74, 6) is 0.130. The number of amides is 1. The first-order chi connectivity index (χ1) is 15.3. The summed E-state index contributed by atoms with van der Waals surface area (Å²) >= 11 is 6.99. The molecule has 7 nitrogen and oxygen atoms in total. The van der Waals surface area contributed by atoms with Crippen LogP contribution in [0.15, 0.2) is 46.7 Å². The van der Waals surface area contributed by atoms with E-state index in [1.54, 1.807) is 12.1 Å². The van der Waals surface area contributed by atoms with E-state index in [0.29, 0.717) is 30.5 Å². The number of benzene rings is 1. The highest BCUT2D eigenvalue weighted by Crippen LogP contribution is 2.28. The fourth-order valence-corrected chi connectivity index (χ4v) is 7.34. The van der Waals surface area contributed by atoms with Gasteiger partial charge in [-0.3, -0.25) is 14.6 Å². The van der Waals surface area contributed by atoms with Gasteiger partial charge in [0, 0.05) is 58.9 Å². The molecule has 1 aromatic heterocycles. The van der Waals surface area contributed by atoms with Gasteiger partial charge in [0.15, 0.2) is 0 Å². The molecular formula is C22H29ClN4O3S2. The maximum atomic E-state index is 13.1. The minimum atomic E-state index is -3.52. The fourth-order valence-electron chi connectivity index (χ4n) is 4.28. The molecule has 1 atom stereocenters. The molecule has 2 saturated heterocycles. The summed E-state index contributed by atoms with van der Waals surface area (Å²) in [6.45, 7) is 7.85. The van der Waals surface area contributed by atoms with E-state index in [1.807, 2.05) is 17.9 Å². The topological polar surface area (TPSA) is 64.2 Å². The van der Waals surface area contributed by atoms with Crippen molar-refractivity contribution >= 4 is 38.9 Å². The monoisotopic (exact) mass is 496 g/mol. The minimum Gasteiger partial charge on any atom is -0.339 e. The molecule has 2 aliphatic rings. The van der Waals surface area contributed by atoms with Crippen LogP contribution in [0.1, 0.15) is 12.5 Å². The van der Waals surface area contributed by atoms with Crippen molar-refractivity contribution in [1.82, 2.24) is 19.0 Å². The third kappa shape index (κ3) is 5.35. The third-order valence-electron chi connectivity index (χ3n) is 6.25. The lowest BCUT2D eigenvalue weighted by atomic mass is 10.1. The van der Waals surface area contributed by atoms with Gasteiger partial charge in [0.25, 0.3) is 10.0 Å². The second-order valence-corrected chi connectivity index (χ2v) is 12.1. The van der Waals surface area contributed by atoms with E-state index in [4.69, 9.17) is 11.6 Å². The number of hydrogen-bond acceptors (Lipinski definition) is 6. The number of carbonyl (C=O) groups excluding carboxylic acids is 1. The number of carbonyl (C=O) groups is 1. The zero-order chi connectivity index (χ0) is 22.7. The van der Waals surface area contributed by atoms with Crippen molar-refractivity contribution in [1.29, 1.82) is 0 Å². The van der Waals surface area contributed by atoms with Crippen LogP contribution in [-0.4, -0.2) is 91.7 Å². The van der Waals surface area contributed by atoms with Crippen molar-refractivity contribution in [2.75, 3.05) is 52.4 Å². The Balaban J connectivity index is 1.26. The first-order valence-corrected chi connectivity index (χ1v) is 13.5. The van der Waals surface area contributed by atoms with Crippen LogP contribution in [0.4, 0.5) is 0 Å². The fraction of sp³-hybridized carbons (Fsp3) is 0.500. The molecule has 1 aromatic carbocycles. The van der Waals surface area contributed by atoms with Crippen molar-refractivity contribution in [2.24, 2.45) is 0 Å². The largest absolute Gasteiger partial charge is 0.339 e. The van der Waals surface area contributed by atoms with Crippen LogP contribution in [0.25, 0.3) is 0 Å². The second kappa shape index (κ2) is 10.2. The van der Waals surface area contributed by atoms with Gasteiger partial charge in [-0.15, -0.1) is 11.3 Å². The molecule has 0 N–H and O–H groups in total. The van der Waals surface area contributed by atoms with E-state index in [2.05, 4.69) is 34.1 Å². The predicted molar refractivity (Wildman–Crippen MR) is 127 cm³/mol. The lowest BCUT2D eigenvalue weighted by Gasteiger charge is -2.40. The van der Waals surface area contributed by atoms with E-state index in [-0.39, 0.29) is 16.2 Å². The maximum absolute atomic E-state index is 13.1. The minimum absolute atomic E-state index is 0.130. The Kier molecular flexibility index (Phi) is 7.54. The van der Waals surface area contributed by atoms with Gasteiger partial charge in [0.1, 0.15) is 4.21 Å². The van der Waals surface area contributed by atoms with Gasteiger partial charge in [-0.25, -0.2) is 8.42 Å². The van der Waals surface area contributed by atoms with Crippen molar-refractivity contribution in [3.63, 3.8) is 0 Å². The average molecular weight is 497 g/mol. The molecule has 0 saturated carbocycles. The van der Waals surface area contributed by atoms with Crippen LogP contribution in [0.2, 0.25) is 4.34 Å². The Morgan fingerprint density at radius 2 is 1.62 bits per heavy atom. The summed E-state index contributed by atoms with van der Waals surface area (Å²) in [5, 5.41) is 0. The molecule has 10 heteroatoms. The average Bonchev–Trinajstić information content (AvgIpc) is 3.26. The van der Waals surface area contributed by atoms with Crippen LogP contribution >= 0.6 is 22.9 Å². The lowest BCUT2D eigenvalue weighted by Crippen LogP contribution is -2.57. The Morgan fingerprint density at radius 3 is 2.22 bits per heavy atom. The maximum Gasteiger partial charge on any atom is 0.252 e. The van der Waals surface area contributed by atoms with Crippen LogP contribution in [0, 0.1) is 0 Å². The molecule has 3 heterocycles. The van der Waals surface area contributed by atoms with E-state index < -0.39 is 10.0 Å². The number of piperazine rings is 2. The zero-order valence-electron chi connectivity index (χ0n) is 18.2. The summed E-state index contributed by atoms with van der Waals surface area (Å²) in [6, 6.07) is 13.3. The number of rotatable bonds is 6. The highest BCUT2D eigenvalue weighted by molar-refractivity contribution is 7.91. The molecule has 2 aromatic rings. The van der Waals surface area contributed by atoms with Gasteiger partial charge in [-0.2, -0.15) is 4.31 Å². The lowest BCUT2D eigenvalue weighted by molar-refractivity contribution is -0.138. The Morgan fingerprint density at radius 1 is 0.969 bits per heavy atom. The van der Waals surface area contributed by atoms with Crippen molar-refractivity contribution in [3.8, 4) is 0 Å². The molecule has 174 valence electrons. The number of halogens is 1. The molecule has 0 bridgehead atoms. The van der Waals surface area contributed by atoms with Gasteiger partial charge in [0.05, 0.1) is 10.4 Å². The SMILES string of the molecule is C[C@@H](C(=O)N1CCN(Cc2ccccc2)CC1)N1CCN(S(=O)(=O)c2ccc(Cl)s2)CC1. The highest BCUT2D eigenvalue weighted by Gasteiger charge is 2.34. The molecule has 0 spiro atoms. The van der Waals surface area contributed by atoms with Crippen LogP contribution in [0.3, 0.4) is 0 Å². The molecule has 0 radical (unpaired) electrons. The van der Waals surface area contributed by atoms with E-state index in [1.165, 1.54) is 9.87 Å². The van der Waals surface area contributed by atoms with Gasteiger partial charge in [-0.05, 0) is 24.6 Å². The van der Waals surface area contributed by atoms with Gasteiger partial charge in [0.2, 0.25) is 5.91 Å². The molecule has 2 fully saturated rings. The van der Waals surface area contributed by atoms with Crippen molar-refractivity contribution in [2.45, 2.75) is 23.7 Å². The van der Waals surface area contributed by atoms with Gasteiger partial charge < -0.3 is 4.90 Å². The van der Waals surface area contributed by atoms with E-state index in [9.17, 15) is 13.2 Å². The number of hydrogen-bond donors (Lipinski definition) is 0. The summed E-state index contributed by atoms with van der Waals surface area (Å²) in [6.07, 6.45) is 0. The quantitative estimate of drug-likeness (QED) is 0.614.